The molecule has 30 heavy (non-hydrogen) atoms. The Morgan fingerprint density at radius 2 is 1.87 bits per heavy atom. The highest BCUT2D eigenvalue weighted by Gasteiger charge is 2.47. The van der Waals surface area contributed by atoms with Gasteiger partial charge in [-0.15, -0.1) is 0 Å². The lowest BCUT2D eigenvalue weighted by molar-refractivity contribution is -0.150. The second kappa shape index (κ2) is 6.57. The van der Waals surface area contributed by atoms with Crippen LogP contribution in [0.25, 0.3) is 16.6 Å². The van der Waals surface area contributed by atoms with Gasteiger partial charge in [-0.2, -0.15) is 0 Å². The minimum atomic E-state index is -0.765. The van der Waals surface area contributed by atoms with E-state index in [2.05, 4.69) is 18.4 Å². The highest BCUT2D eigenvalue weighted by molar-refractivity contribution is 5.93. The maximum atomic E-state index is 13.6. The van der Waals surface area contributed by atoms with E-state index in [4.69, 9.17) is 4.74 Å². The maximum Gasteiger partial charge on any atom is 0.306 e. The van der Waals surface area contributed by atoms with Gasteiger partial charge in [0.2, 0.25) is 0 Å². The van der Waals surface area contributed by atoms with Crippen molar-refractivity contribution in [3.63, 3.8) is 0 Å². The van der Waals surface area contributed by atoms with Crippen LogP contribution in [0.4, 0.5) is 4.39 Å². The summed E-state index contributed by atoms with van der Waals surface area (Å²) in [6.45, 7) is 4.68. The van der Waals surface area contributed by atoms with E-state index in [0.29, 0.717) is 19.4 Å². The second-order valence-corrected chi connectivity index (χ2v) is 9.13. The number of nitrogens with zero attached hydrogens (tertiary/aromatic N) is 1. The van der Waals surface area contributed by atoms with Gasteiger partial charge in [0.05, 0.1) is 24.1 Å². The molecule has 2 heterocycles. The van der Waals surface area contributed by atoms with Gasteiger partial charge in [-0.25, -0.2) is 4.39 Å². The van der Waals surface area contributed by atoms with Crippen LogP contribution in [0, 0.1) is 17.7 Å². The van der Waals surface area contributed by atoms with Gasteiger partial charge >= 0.3 is 5.97 Å². The van der Waals surface area contributed by atoms with Crippen molar-refractivity contribution < 1.29 is 24.1 Å². The Bertz CT molecular complexity index is 1140. The van der Waals surface area contributed by atoms with Crippen LogP contribution < -0.4 is 0 Å². The smallest absolute Gasteiger partial charge is 0.306 e. The Balaban J connectivity index is 1.76. The third-order valence-electron chi connectivity index (χ3n) is 6.60. The molecule has 1 fully saturated rings. The lowest BCUT2D eigenvalue weighted by Crippen LogP contribution is -2.41. The largest absolute Gasteiger partial charge is 0.507 e. The van der Waals surface area contributed by atoms with Crippen LogP contribution >= 0.6 is 0 Å². The number of aromatic nitrogens is 1. The molecule has 1 saturated carbocycles. The van der Waals surface area contributed by atoms with E-state index in [1.165, 1.54) is 12.1 Å². The molecule has 1 unspecified atom stereocenters. The van der Waals surface area contributed by atoms with E-state index in [9.17, 15) is 19.4 Å². The summed E-state index contributed by atoms with van der Waals surface area (Å²) in [4.78, 5) is 11.3. The fourth-order valence-corrected chi connectivity index (χ4v) is 5.08. The van der Waals surface area contributed by atoms with Crippen molar-refractivity contribution in [3.8, 4) is 11.4 Å². The van der Waals surface area contributed by atoms with Gasteiger partial charge in [-0.05, 0) is 55.2 Å². The minimum Gasteiger partial charge on any atom is -0.507 e. The summed E-state index contributed by atoms with van der Waals surface area (Å²) in [5.41, 5.74) is 3.27. The molecule has 156 valence electrons. The summed E-state index contributed by atoms with van der Waals surface area (Å²) in [5, 5.41) is 20.8. The molecule has 1 atom stereocenters. The average Bonchev–Trinajstić information content (AvgIpc) is 3.01. The first-order chi connectivity index (χ1) is 14.3. The highest BCUT2D eigenvalue weighted by atomic mass is 19.1. The van der Waals surface area contributed by atoms with Gasteiger partial charge in [-0.1, -0.05) is 19.9 Å². The van der Waals surface area contributed by atoms with Crippen LogP contribution in [0.1, 0.15) is 44.1 Å². The lowest BCUT2D eigenvalue weighted by atomic mass is 9.68. The molecule has 2 N–H and O–H groups in total. The van der Waals surface area contributed by atoms with Gasteiger partial charge in [-0.3, -0.25) is 4.79 Å². The van der Waals surface area contributed by atoms with Crippen LogP contribution in [0.3, 0.4) is 0 Å². The van der Waals surface area contributed by atoms with Crippen molar-refractivity contribution >= 4 is 16.9 Å². The third-order valence-corrected chi connectivity index (χ3v) is 6.60. The first-order valence-corrected chi connectivity index (χ1v) is 10.2. The number of carboxylic acids is 1. The fraction of sp³-hybridized carbons (Fsp3) is 0.375. The number of phenolic OH excluding ortho intramolecular Hbond substituents is 1. The Morgan fingerprint density at radius 1 is 1.17 bits per heavy atom. The predicted octanol–water partition coefficient (Wildman–Crippen LogP) is 4.93. The number of benzene rings is 2. The zero-order chi connectivity index (χ0) is 21.2. The summed E-state index contributed by atoms with van der Waals surface area (Å²) >= 11 is 0. The zero-order valence-electron chi connectivity index (χ0n) is 16.9. The average molecular weight is 409 g/mol. The Morgan fingerprint density at radius 3 is 2.53 bits per heavy atom. The number of phenols is 1. The molecule has 0 amide bonds. The molecule has 1 aliphatic heterocycles. The van der Waals surface area contributed by atoms with Gasteiger partial charge in [0, 0.05) is 27.7 Å². The lowest BCUT2D eigenvalue weighted by Gasteiger charge is -2.44. The SMILES string of the molecule is CC1(C)COC(C2CC(C(=O)O)C2)c2c1n(-c1ccc(F)cc1)c1cccc(O)c21. The Kier molecular flexibility index (Phi) is 4.19. The number of rotatable bonds is 3. The molecule has 1 aromatic heterocycles. The molecule has 5 rings (SSSR count). The molecular weight excluding hydrogens is 385 g/mol. The minimum absolute atomic E-state index is 0.0906. The van der Waals surface area contributed by atoms with Crippen molar-refractivity contribution in [3.05, 3.63) is 59.5 Å². The van der Waals surface area contributed by atoms with Crippen LogP contribution in [0.2, 0.25) is 0 Å². The van der Waals surface area contributed by atoms with Crippen molar-refractivity contribution in [2.24, 2.45) is 11.8 Å². The van der Waals surface area contributed by atoms with E-state index in [1.807, 2.05) is 6.07 Å². The van der Waals surface area contributed by atoms with Gasteiger partial charge < -0.3 is 19.5 Å². The number of halogens is 1. The molecule has 2 aliphatic rings. The first-order valence-electron chi connectivity index (χ1n) is 10.2. The number of carbonyl (C=O) groups is 1. The van der Waals surface area contributed by atoms with E-state index < -0.39 is 5.97 Å². The van der Waals surface area contributed by atoms with Gasteiger partial charge in [0.25, 0.3) is 0 Å². The zero-order valence-corrected chi connectivity index (χ0v) is 16.9. The van der Waals surface area contributed by atoms with Crippen molar-refractivity contribution in [1.82, 2.24) is 4.57 Å². The standard InChI is InChI=1S/C24H24FNO4/c1-24(2)12-30-21(13-10-14(11-13)23(28)29)20-19-17(4-3-5-18(19)27)26(22(20)24)16-8-6-15(25)7-9-16/h3-9,13-14,21,27H,10-12H2,1-2H3,(H,28,29). The van der Waals surface area contributed by atoms with E-state index >= 15 is 0 Å². The summed E-state index contributed by atoms with van der Waals surface area (Å²) < 4.78 is 22.0. The van der Waals surface area contributed by atoms with E-state index in [0.717, 1.165) is 27.8 Å². The van der Waals surface area contributed by atoms with Crippen molar-refractivity contribution in [2.75, 3.05) is 6.61 Å². The van der Waals surface area contributed by atoms with Crippen LogP contribution in [0.5, 0.6) is 5.75 Å². The second-order valence-electron chi connectivity index (χ2n) is 9.13. The predicted molar refractivity (Wildman–Crippen MR) is 110 cm³/mol. The maximum absolute atomic E-state index is 13.6. The van der Waals surface area contributed by atoms with Crippen molar-refractivity contribution in [2.45, 2.75) is 38.2 Å². The number of ether oxygens (including phenoxy) is 1. The molecule has 0 radical (unpaired) electrons. The number of carboxylic acid groups (broad SMARTS) is 1. The van der Waals surface area contributed by atoms with Crippen molar-refractivity contribution in [1.29, 1.82) is 0 Å². The summed E-state index contributed by atoms with van der Waals surface area (Å²) in [6.07, 6.45) is 0.856. The van der Waals surface area contributed by atoms with E-state index in [1.54, 1.807) is 24.3 Å². The van der Waals surface area contributed by atoms with Gasteiger partial charge in [0.1, 0.15) is 11.6 Å². The fourth-order valence-electron chi connectivity index (χ4n) is 5.08. The topological polar surface area (TPSA) is 71.7 Å². The summed E-state index contributed by atoms with van der Waals surface area (Å²) in [6, 6.07) is 11.8. The third kappa shape index (κ3) is 2.74. The van der Waals surface area contributed by atoms with Crippen LogP contribution in [0.15, 0.2) is 42.5 Å². The van der Waals surface area contributed by atoms with Crippen LogP contribution in [-0.2, 0) is 14.9 Å². The molecule has 0 bridgehead atoms. The number of aliphatic carboxylic acids is 1. The number of fused-ring (bicyclic) bond motifs is 3. The first kappa shape index (κ1) is 19.1. The monoisotopic (exact) mass is 409 g/mol. The van der Waals surface area contributed by atoms with Gasteiger partial charge in [0.15, 0.2) is 0 Å². The van der Waals surface area contributed by atoms with Crippen LogP contribution in [-0.4, -0.2) is 27.4 Å². The molecule has 3 aromatic rings. The highest BCUT2D eigenvalue weighted by Crippen LogP contribution is 2.53. The Labute approximate surface area is 173 Å². The Hall–Kier alpha value is -2.86. The molecule has 2 aromatic carbocycles. The molecule has 0 saturated heterocycles. The quantitative estimate of drug-likeness (QED) is 0.643. The molecule has 0 spiro atoms. The molecule has 1 aliphatic carbocycles. The number of hydrogen-bond donors (Lipinski definition) is 2. The summed E-state index contributed by atoms with van der Waals surface area (Å²) in [7, 11) is 0. The molecule has 6 heteroatoms. The molecule has 5 nitrogen and oxygen atoms in total. The number of hydrogen-bond acceptors (Lipinski definition) is 3. The normalized spacial score (nSPS) is 25.0. The summed E-state index contributed by atoms with van der Waals surface area (Å²) in [5.74, 6) is -1.14. The van der Waals surface area contributed by atoms with E-state index in [-0.39, 0.29) is 34.9 Å². The molecular formula is C24H24FNO4. The number of aromatic hydroxyl groups is 1.